The molecule has 0 radical (unpaired) electrons. The Hall–Kier alpha value is -0.340. The summed E-state index contributed by atoms with van der Waals surface area (Å²) in [5, 5.41) is 0. The van der Waals surface area contributed by atoms with Crippen LogP contribution in [0.15, 0.2) is 11.6 Å². The molecular weight excluding hydrogens is 316 g/mol. The van der Waals surface area contributed by atoms with Crippen molar-refractivity contribution in [2.45, 2.75) is 77.3 Å². The molecule has 26 heavy (non-hydrogen) atoms. The van der Waals surface area contributed by atoms with Gasteiger partial charge in [-0.2, -0.15) is 0 Å². The molecule has 0 bridgehead atoms. The predicted molar refractivity (Wildman–Crippen MR) is 109 cm³/mol. The van der Waals surface area contributed by atoms with Crippen molar-refractivity contribution < 1.29 is 0 Å². The molecule has 146 valence electrons. The second-order valence-electron chi connectivity index (χ2n) is 11.2. The second kappa shape index (κ2) is 5.83. The molecule has 5 rings (SSSR count). The quantitative estimate of drug-likeness (QED) is 0.622. The molecule has 3 saturated carbocycles. The van der Waals surface area contributed by atoms with Crippen molar-refractivity contribution in [3.8, 4) is 0 Å². The zero-order valence-corrected chi connectivity index (χ0v) is 17.8. The van der Waals surface area contributed by atoms with Gasteiger partial charge in [-0.15, -0.1) is 0 Å². The fraction of sp³-hybridized carbons (Fsp3) is 0.917. The fourth-order valence-corrected chi connectivity index (χ4v) is 8.88. The van der Waals surface area contributed by atoms with Crippen molar-refractivity contribution >= 4 is 0 Å². The number of rotatable bonds is 1. The molecule has 4 aliphatic carbocycles. The van der Waals surface area contributed by atoms with E-state index in [4.69, 9.17) is 0 Å². The molecule has 2 nitrogen and oxygen atoms in total. The topological polar surface area (TPSA) is 6.48 Å². The van der Waals surface area contributed by atoms with Crippen LogP contribution >= 0.6 is 0 Å². The van der Waals surface area contributed by atoms with Crippen LogP contribution in [0.1, 0.15) is 65.2 Å². The number of hydrogen-bond donors (Lipinski definition) is 0. The van der Waals surface area contributed by atoms with Crippen LogP contribution in [0.4, 0.5) is 0 Å². The Labute approximate surface area is 161 Å². The van der Waals surface area contributed by atoms with Crippen LogP contribution in [0.2, 0.25) is 0 Å². The molecule has 2 heteroatoms. The molecular formula is C24H40N2. The van der Waals surface area contributed by atoms with Crippen molar-refractivity contribution in [2.24, 2.45) is 34.5 Å². The van der Waals surface area contributed by atoms with Crippen LogP contribution in [0, 0.1) is 34.5 Å². The van der Waals surface area contributed by atoms with E-state index in [0.717, 1.165) is 35.8 Å². The van der Waals surface area contributed by atoms with E-state index in [2.05, 4.69) is 50.9 Å². The first-order chi connectivity index (χ1) is 12.4. The molecule has 1 heterocycles. The Morgan fingerprint density at radius 3 is 2.58 bits per heavy atom. The maximum Gasteiger partial charge on any atom is 0.0127 e. The van der Waals surface area contributed by atoms with Gasteiger partial charge in [0, 0.05) is 18.6 Å². The summed E-state index contributed by atoms with van der Waals surface area (Å²) >= 11 is 0. The van der Waals surface area contributed by atoms with Gasteiger partial charge in [-0.3, -0.25) is 0 Å². The van der Waals surface area contributed by atoms with Gasteiger partial charge in [0.25, 0.3) is 0 Å². The molecule has 4 fully saturated rings. The fourth-order valence-electron chi connectivity index (χ4n) is 8.88. The maximum atomic E-state index is 2.74. The number of nitrogens with zero attached hydrogens (tertiary/aromatic N) is 2. The summed E-state index contributed by atoms with van der Waals surface area (Å²) in [5.41, 5.74) is 3.04. The van der Waals surface area contributed by atoms with E-state index in [9.17, 15) is 0 Å². The summed E-state index contributed by atoms with van der Waals surface area (Å²) in [4.78, 5) is 5.17. The summed E-state index contributed by atoms with van der Waals surface area (Å²) in [6.07, 6.45) is 14.4. The lowest BCUT2D eigenvalue weighted by atomic mass is 9.47. The van der Waals surface area contributed by atoms with Gasteiger partial charge in [-0.05, 0) is 114 Å². The van der Waals surface area contributed by atoms with Crippen LogP contribution in [-0.2, 0) is 0 Å². The zero-order valence-electron chi connectivity index (χ0n) is 17.8. The highest BCUT2D eigenvalue weighted by atomic mass is 15.2. The van der Waals surface area contributed by atoms with E-state index >= 15 is 0 Å². The highest BCUT2D eigenvalue weighted by Crippen LogP contribution is 2.68. The van der Waals surface area contributed by atoms with E-state index < -0.39 is 0 Å². The molecule has 1 saturated heterocycles. The molecule has 0 amide bonds. The summed E-state index contributed by atoms with van der Waals surface area (Å²) < 4.78 is 0. The first-order valence-corrected chi connectivity index (χ1v) is 11.4. The van der Waals surface area contributed by atoms with Gasteiger partial charge >= 0.3 is 0 Å². The van der Waals surface area contributed by atoms with E-state index in [1.807, 2.05) is 5.57 Å². The first kappa shape index (κ1) is 17.7. The Kier molecular flexibility index (Phi) is 3.98. The Balaban J connectivity index is 1.45. The van der Waals surface area contributed by atoms with E-state index in [1.165, 1.54) is 57.9 Å². The normalized spacial score (nSPS) is 53.7. The molecule has 0 unspecified atom stereocenters. The van der Waals surface area contributed by atoms with Gasteiger partial charge in [0.15, 0.2) is 0 Å². The molecule has 0 N–H and O–H groups in total. The van der Waals surface area contributed by atoms with Crippen molar-refractivity contribution in [1.82, 2.24) is 9.80 Å². The number of fused-ring (bicyclic) bond motifs is 4. The van der Waals surface area contributed by atoms with Crippen LogP contribution in [0.5, 0.6) is 0 Å². The second-order valence-corrected chi connectivity index (χ2v) is 11.2. The Bertz CT molecular complexity index is 609. The molecule has 1 aliphatic heterocycles. The number of likely N-dealkylation sites (tertiary alicyclic amines) is 1. The number of hydrogen-bond acceptors (Lipinski definition) is 2. The lowest BCUT2D eigenvalue weighted by Crippen LogP contribution is -2.52. The van der Waals surface area contributed by atoms with Crippen molar-refractivity contribution in [1.29, 1.82) is 0 Å². The maximum absolute atomic E-state index is 2.74. The largest absolute Gasteiger partial charge is 0.306 e. The minimum absolute atomic E-state index is 0.519. The lowest BCUT2D eigenvalue weighted by Gasteiger charge is -2.58. The smallest absolute Gasteiger partial charge is 0.0127 e. The van der Waals surface area contributed by atoms with Gasteiger partial charge in [0.2, 0.25) is 0 Å². The monoisotopic (exact) mass is 356 g/mol. The highest BCUT2D eigenvalue weighted by Gasteiger charge is 2.63. The number of allylic oxidation sites excluding steroid dienone is 1. The highest BCUT2D eigenvalue weighted by molar-refractivity contribution is 5.26. The molecule has 0 aromatic carbocycles. The SMILES string of the molecule is C[C@@H]1[C@@H]2CC[C@@H]3[C@@H]4CC=C5C[C@H](N(C)C)CC[C@@]5(C)[C@@H]4CC[C@@]32CN1C. The third kappa shape index (κ3) is 2.18. The van der Waals surface area contributed by atoms with Crippen molar-refractivity contribution in [3.63, 3.8) is 0 Å². The van der Waals surface area contributed by atoms with Gasteiger partial charge in [-0.1, -0.05) is 18.6 Å². The van der Waals surface area contributed by atoms with Gasteiger partial charge in [0.1, 0.15) is 0 Å². The summed E-state index contributed by atoms with van der Waals surface area (Å²) in [7, 11) is 6.95. The van der Waals surface area contributed by atoms with Gasteiger partial charge in [-0.25, -0.2) is 0 Å². The van der Waals surface area contributed by atoms with Crippen LogP contribution in [0.25, 0.3) is 0 Å². The minimum atomic E-state index is 0.519. The predicted octanol–water partition coefficient (Wildman–Crippen LogP) is 4.81. The van der Waals surface area contributed by atoms with Crippen LogP contribution < -0.4 is 0 Å². The third-order valence-corrected chi connectivity index (χ3v) is 10.4. The van der Waals surface area contributed by atoms with Crippen LogP contribution in [0.3, 0.4) is 0 Å². The lowest BCUT2D eigenvalue weighted by molar-refractivity contribution is -0.0430. The molecule has 0 aromatic rings. The Morgan fingerprint density at radius 2 is 1.81 bits per heavy atom. The van der Waals surface area contributed by atoms with Crippen molar-refractivity contribution in [3.05, 3.63) is 11.6 Å². The van der Waals surface area contributed by atoms with Gasteiger partial charge in [0.05, 0.1) is 0 Å². The van der Waals surface area contributed by atoms with E-state index in [-0.39, 0.29) is 0 Å². The summed E-state index contributed by atoms with van der Waals surface area (Å²) in [6.45, 7) is 6.56. The van der Waals surface area contributed by atoms with Gasteiger partial charge < -0.3 is 9.80 Å². The average molecular weight is 357 g/mol. The van der Waals surface area contributed by atoms with Crippen LogP contribution in [-0.4, -0.2) is 49.6 Å². The average Bonchev–Trinajstić information content (AvgIpc) is 3.08. The summed E-state index contributed by atoms with van der Waals surface area (Å²) in [5.74, 6) is 3.96. The molecule has 0 aromatic heterocycles. The first-order valence-electron chi connectivity index (χ1n) is 11.4. The Morgan fingerprint density at radius 1 is 1.04 bits per heavy atom. The third-order valence-electron chi connectivity index (χ3n) is 10.4. The molecule has 5 aliphatic rings. The van der Waals surface area contributed by atoms with E-state index in [0.29, 0.717) is 10.8 Å². The molecule has 8 atom stereocenters. The zero-order chi connectivity index (χ0) is 18.3. The minimum Gasteiger partial charge on any atom is -0.306 e. The summed E-state index contributed by atoms with van der Waals surface area (Å²) in [6, 6.07) is 1.60. The standard InChI is InChI=1S/C24H40N2/c1-16-20-8-9-22-19-7-6-17-14-18(25(3)4)10-12-23(17,2)21(19)11-13-24(20,22)15-26(16)5/h6,16,18-22H,7-15H2,1-5H3/t16-,18-,19-,20+,21-,22-,23-,24+/m1/s1. The van der Waals surface area contributed by atoms with E-state index in [1.54, 1.807) is 0 Å². The van der Waals surface area contributed by atoms with Crippen molar-refractivity contribution in [2.75, 3.05) is 27.7 Å². The molecule has 1 spiro atoms.